The topological polar surface area (TPSA) is 47.7 Å². The Kier molecular flexibility index (Phi) is 3.43. The van der Waals surface area contributed by atoms with Crippen LogP contribution in [0.5, 0.6) is 5.75 Å². The van der Waals surface area contributed by atoms with Crippen LogP contribution >= 0.6 is 0 Å². The maximum atomic E-state index is 5.82. The van der Waals surface area contributed by atoms with Crippen LogP contribution in [0.2, 0.25) is 0 Å². The summed E-state index contributed by atoms with van der Waals surface area (Å²) in [5.41, 5.74) is 7.62. The molecule has 0 unspecified atom stereocenters. The molecule has 0 radical (unpaired) electrons. The summed E-state index contributed by atoms with van der Waals surface area (Å²) < 4.78 is 11.0. The first-order valence-corrected chi connectivity index (χ1v) is 5.94. The number of rotatable bonds is 2. The largest absolute Gasteiger partial charge is 0.495 e. The zero-order valence-electron chi connectivity index (χ0n) is 10.6. The molecule has 0 saturated carbocycles. The molecular formula is C13H20N2O2. The van der Waals surface area contributed by atoms with E-state index in [1.807, 2.05) is 18.2 Å². The Morgan fingerprint density at radius 1 is 1.29 bits per heavy atom. The summed E-state index contributed by atoms with van der Waals surface area (Å²) in [6.45, 7) is 5.99. The third-order valence-corrected chi connectivity index (χ3v) is 3.00. The van der Waals surface area contributed by atoms with Gasteiger partial charge in [-0.2, -0.15) is 0 Å². The van der Waals surface area contributed by atoms with Gasteiger partial charge in [-0.15, -0.1) is 0 Å². The van der Waals surface area contributed by atoms with Gasteiger partial charge in [-0.05, 0) is 26.0 Å². The van der Waals surface area contributed by atoms with Crippen molar-refractivity contribution in [3.63, 3.8) is 0 Å². The predicted octanol–water partition coefficient (Wildman–Crippen LogP) is 1.89. The smallest absolute Gasteiger partial charge is 0.143 e. The Labute approximate surface area is 102 Å². The molecule has 1 saturated heterocycles. The van der Waals surface area contributed by atoms with Crippen LogP contribution in [0.1, 0.15) is 13.8 Å². The van der Waals surface area contributed by atoms with Crippen molar-refractivity contribution >= 4 is 11.4 Å². The van der Waals surface area contributed by atoms with Crippen molar-refractivity contribution in [2.75, 3.05) is 30.8 Å². The van der Waals surface area contributed by atoms with E-state index in [0.717, 1.165) is 24.5 Å². The van der Waals surface area contributed by atoms with Crippen molar-refractivity contribution in [3.8, 4) is 5.75 Å². The first-order valence-electron chi connectivity index (χ1n) is 5.94. The SMILES string of the molecule is COc1cc(N2C[C@H](C)O[C@@H](C)C2)ccc1N. The number of anilines is 2. The number of ether oxygens (including phenoxy) is 2. The van der Waals surface area contributed by atoms with E-state index in [4.69, 9.17) is 15.2 Å². The highest BCUT2D eigenvalue weighted by atomic mass is 16.5. The van der Waals surface area contributed by atoms with Gasteiger partial charge in [-0.3, -0.25) is 0 Å². The minimum absolute atomic E-state index is 0.252. The van der Waals surface area contributed by atoms with Crippen molar-refractivity contribution in [3.05, 3.63) is 18.2 Å². The van der Waals surface area contributed by atoms with Crippen LogP contribution in [0.4, 0.5) is 11.4 Å². The minimum atomic E-state index is 0.252. The maximum absolute atomic E-state index is 5.82. The molecule has 1 heterocycles. The van der Waals surface area contributed by atoms with E-state index in [9.17, 15) is 0 Å². The summed E-state index contributed by atoms with van der Waals surface area (Å²) in [5, 5.41) is 0. The number of nitrogens with two attached hydrogens (primary N) is 1. The Bertz CT molecular complexity index is 385. The molecule has 0 aromatic heterocycles. The van der Waals surface area contributed by atoms with Crippen molar-refractivity contribution in [1.82, 2.24) is 0 Å². The summed E-state index contributed by atoms with van der Waals surface area (Å²) in [5.74, 6) is 0.731. The first-order chi connectivity index (χ1) is 8.10. The van der Waals surface area contributed by atoms with Crippen LogP contribution in [-0.4, -0.2) is 32.4 Å². The van der Waals surface area contributed by atoms with Gasteiger partial charge in [0.15, 0.2) is 0 Å². The van der Waals surface area contributed by atoms with E-state index >= 15 is 0 Å². The number of benzene rings is 1. The Balaban J connectivity index is 2.21. The van der Waals surface area contributed by atoms with Gasteiger partial charge in [0, 0.05) is 24.8 Å². The van der Waals surface area contributed by atoms with Gasteiger partial charge in [0.25, 0.3) is 0 Å². The molecule has 0 spiro atoms. The number of hydrogen-bond donors (Lipinski definition) is 1. The third-order valence-electron chi connectivity index (χ3n) is 3.00. The highest BCUT2D eigenvalue weighted by Crippen LogP contribution is 2.29. The molecule has 1 aliphatic rings. The average Bonchev–Trinajstić information content (AvgIpc) is 2.28. The number of nitrogen functional groups attached to an aromatic ring is 1. The molecule has 94 valence electrons. The summed E-state index contributed by atoms with van der Waals surface area (Å²) >= 11 is 0. The van der Waals surface area contributed by atoms with Crippen LogP contribution in [0.25, 0.3) is 0 Å². The number of nitrogens with zero attached hydrogens (tertiary/aromatic N) is 1. The monoisotopic (exact) mass is 236 g/mol. The molecule has 4 nitrogen and oxygen atoms in total. The zero-order chi connectivity index (χ0) is 12.4. The highest BCUT2D eigenvalue weighted by Gasteiger charge is 2.22. The second kappa shape index (κ2) is 4.84. The van der Waals surface area contributed by atoms with Crippen LogP contribution in [0.15, 0.2) is 18.2 Å². The summed E-state index contributed by atoms with van der Waals surface area (Å²) in [6.07, 6.45) is 0.504. The molecule has 0 bridgehead atoms. The second-order valence-corrected chi connectivity index (χ2v) is 4.59. The van der Waals surface area contributed by atoms with E-state index < -0.39 is 0 Å². The van der Waals surface area contributed by atoms with Crippen molar-refractivity contribution < 1.29 is 9.47 Å². The fraction of sp³-hybridized carbons (Fsp3) is 0.538. The van der Waals surface area contributed by atoms with Crippen LogP contribution in [0.3, 0.4) is 0 Å². The molecule has 17 heavy (non-hydrogen) atoms. The molecule has 0 amide bonds. The lowest BCUT2D eigenvalue weighted by atomic mass is 10.2. The lowest BCUT2D eigenvalue weighted by Gasteiger charge is -2.37. The van der Waals surface area contributed by atoms with Crippen molar-refractivity contribution in [2.24, 2.45) is 0 Å². The fourth-order valence-corrected chi connectivity index (χ4v) is 2.29. The Hall–Kier alpha value is -1.42. The Morgan fingerprint density at radius 3 is 2.53 bits per heavy atom. The first kappa shape index (κ1) is 12.0. The van der Waals surface area contributed by atoms with Crippen LogP contribution in [0, 0.1) is 0 Å². The van der Waals surface area contributed by atoms with Gasteiger partial charge in [0.1, 0.15) is 5.75 Å². The molecule has 1 aromatic carbocycles. The predicted molar refractivity (Wildman–Crippen MR) is 69.6 cm³/mol. The molecule has 1 aromatic rings. The number of hydrogen-bond acceptors (Lipinski definition) is 4. The Morgan fingerprint density at radius 2 is 1.94 bits per heavy atom. The second-order valence-electron chi connectivity index (χ2n) is 4.59. The maximum Gasteiger partial charge on any atom is 0.143 e. The third kappa shape index (κ3) is 2.64. The minimum Gasteiger partial charge on any atom is -0.495 e. The van der Waals surface area contributed by atoms with E-state index in [0.29, 0.717) is 5.69 Å². The molecule has 0 aliphatic carbocycles. The van der Waals surface area contributed by atoms with Gasteiger partial charge in [-0.1, -0.05) is 0 Å². The van der Waals surface area contributed by atoms with Gasteiger partial charge < -0.3 is 20.1 Å². The molecule has 1 fully saturated rings. The summed E-state index contributed by atoms with van der Waals surface area (Å²) in [7, 11) is 1.64. The fourth-order valence-electron chi connectivity index (χ4n) is 2.29. The zero-order valence-corrected chi connectivity index (χ0v) is 10.6. The summed E-state index contributed by atoms with van der Waals surface area (Å²) in [4.78, 5) is 2.31. The van der Waals surface area contributed by atoms with E-state index in [2.05, 4.69) is 18.7 Å². The quantitative estimate of drug-likeness (QED) is 0.797. The molecule has 1 aliphatic heterocycles. The normalized spacial score (nSPS) is 24.8. The van der Waals surface area contributed by atoms with Crippen LogP contribution < -0.4 is 15.4 Å². The van der Waals surface area contributed by atoms with Gasteiger partial charge in [0.05, 0.1) is 25.0 Å². The average molecular weight is 236 g/mol. The van der Waals surface area contributed by atoms with Crippen molar-refractivity contribution in [1.29, 1.82) is 0 Å². The van der Waals surface area contributed by atoms with E-state index in [1.165, 1.54) is 0 Å². The lowest BCUT2D eigenvalue weighted by Crippen LogP contribution is -2.45. The van der Waals surface area contributed by atoms with E-state index in [-0.39, 0.29) is 12.2 Å². The highest BCUT2D eigenvalue weighted by molar-refractivity contribution is 5.62. The van der Waals surface area contributed by atoms with E-state index in [1.54, 1.807) is 7.11 Å². The number of morpholine rings is 1. The van der Waals surface area contributed by atoms with Gasteiger partial charge >= 0.3 is 0 Å². The summed E-state index contributed by atoms with van der Waals surface area (Å²) in [6, 6.07) is 5.90. The van der Waals surface area contributed by atoms with Gasteiger partial charge in [0.2, 0.25) is 0 Å². The van der Waals surface area contributed by atoms with Crippen LogP contribution in [-0.2, 0) is 4.74 Å². The lowest BCUT2D eigenvalue weighted by molar-refractivity contribution is -0.00522. The molecular weight excluding hydrogens is 216 g/mol. The molecule has 2 atom stereocenters. The standard InChI is InChI=1S/C13H20N2O2/c1-9-7-15(8-10(2)17-9)11-4-5-12(14)13(6-11)16-3/h4-6,9-10H,7-8,14H2,1-3H3/t9-,10-/m0/s1. The molecule has 2 N–H and O–H groups in total. The van der Waals surface area contributed by atoms with Gasteiger partial charge in [-0.25, -0.2) is 0 Å². The van der Waals surface area contributed by atoms with Crippen molar-refractivity contribution in [2.45, 2.75) is 26.1 Å². The number of methoxy groups -OCH3 is 1. The molecule has 4 heteroatoms. The molecule has 2 rings (SSSR count).